The predicted molar refractivity (Wildman–Crippen MR) is 139 cm³/mol. The molecular weight excluding hydrogens is 580 g/mol. The molecule has 1 nitrogen and oxygen atoms in total. The van der Waals surface area contributed by atoms with Crippen LogP contribution < -0.4 is 5.73 Å². The van der Waals surface area contributed by atoms with Crippen LogP contribution in [0, 0.1) is 14.1 Å². The van der Waals surface area contributed by atoms with Gasteiger partial charge in [-0.3, -0.25) is 0 Å². The first-order chi connectivity index (χ1) is 14.0. The van der Waals surface area contributed by atoms with Crippen LogP contribution in [0.25, 0.3) is 0 Å². The summed E-state index contributed by atoms with van der Waals surface area (Å²) in [6, 6.07) is 34.9. The molecule has 0 bridgehead atoms. The van der Waals surface area contributed by atoms with E-state index < -0.39 is 5.41 Å². The van der Waals surface area contributed by atoms with Crippen molar-refractivity contribution in [2.24, 2.45) is 0 Å². The first-order valence-electron chi connectivity index (χ1n) is 9.45. The minimum absolute atomic E-state index is 0.421. The molecule has 2 N–H and O–H groups in total. The summed E-state index contributed by atoms with van der Waals surface area (Å²) in [6.45, 7) is 2.13. The van der Waals surface area contributed by atoms with Gasteiger partial charge < -0.3 is 5.73 Å². The third kappa shape index (κ3) is 3.94. The number of hydrogen-bond donors (Lipinski definition) is 1. The lowest BCUT2D eigenvalue weighted by Gasteiger charge is -2.37. The molecule has 4 aromatic carbocycles. The molecular formula is C26H21I2N. The van der Waals surface area contributed by atoms with Crippen LogP contribution >= 0.6 is 45.2 Å². The third-order valence-corrected chi connectivity index (χ3v) is 6.82. The van der Waals surface area contributed by atoms with Crippen LogP contribution in [0.5, 0.6) is 0 Å². The molecule has 0 heterocycles. The fourth-order valence-electron chi connectivity index (χ4n) is 3.94. The van der Waals surface area contributed by atoms with Gasteiger partial charge in [0.15, 0.2) is 0 Å². The standard InChI is InChI=1S/C26H21I2N/c1-18-2-4-19(5-3-18)26(20-6-12-23(27)13-7-20,21-8-14-24(28)15-9-21)22-10-16-25(29)17-11-22/h2-17H,29H2,1H3. The van der Waals surface area contributed by atoms with Gasteiger partial charge in [-0.2, -0.15) is 0 Å². The summed E-state index contributed by atoms with van der Waals surface area (Å²) in [5.74, 6) is 0. The van der Waals surface area contributed by atoms with Gasteiger partial charge in [-0.05, 0) is 111 Å². The van der Waals surface area contributed by atoms with E-state index in [-0.39, 0.29) is 0 Å². The van der Waals surface area contributed by atoms with Crippen LogP contribution in [0.3, 0.4) is 0 Å². The smallest absolute Gasteiger partial charge is 0.0701 e. The molecule has 4 rings (SSSR count). The Labute approximate surface area is 199 Å². The summed E-state index contributed by atoms with van der Waals surface area (Å²) in [6.07, 6.45) is 0. The second kappa shape index (κ2) is 8.48. The number of rotatable bonds is 4. The highest BCUT2D eigenvalue weighted by atomic mass is 127. The summed E-state index contributed by atoms with van der Waals surface area (Å²) in [5.41, 5.74) is 12.6. The fraction of sp³-hybridized carbons (Fsp3) is 0.0769. The summed E-state index contributed by atoms with van der Waals surface area (Å²) < 4.78 is 2.45. The summed E-state index contributed by atoms with van der Waals surface area (Å²) in [7, 11) is 0. The number of anilines is 1. The lowest BCUT2D eigenvalue weighted by molar-refractivity contribution is 0.744. The minimum atomic E-state index is -0.421. The highest BCUT2D eigenvalue weighted by Crippen LogP contribution is 2.45. The van der Waals surface area contributed by atoms with Gasteiger partial charge in [0.1, 0.15) is 0 Å². The quantitative estimate of drug-likeness (QED) is 0.150. The summed E-state index contributed by atoms with van der Waals surface area (Å²) in [5, 5.41) is 0. The summed E-state index contributed by atoms with van der Waals surface area (Å²) in [4.78, 5) is 0. The van der Waals surface area contributed by atoms with E-state index in [4.69, 9.17) is 5.73 Å². The number of nitrogens with two attached hydrogens (primary N) is 1. The molecule has 0 saturated heterocycles. The van der Waals surface area contributed by atoms with Crippen LogP contribution in [0.2, 0.25) is 0 Å². The first-order valence-corrected chi connectivity index (χ1v) is 11.6. The second-order valence-electron chi connectivity index (χ2n) is 7.25. The van der Waals surface area contributed by atoms with E-state index in [0.29, 0.717) is 0 Å². The maximum absolute atomic E-state index is 6.04. The Bertz CT molecular complexity index is 910. The molecule has 0 fully saturated rings. The van der Waals surface area contributed by atoms with E-state index >= 15 is 0 Å². The molecule has 3 heteroatoms. The van der Waals surface area contributed by atoms with Crippen LogP contribution in [0.15, 0.2) is 97.1 Å². The van der Waals surface area contributed by atoms with Gasteiger partial charge in [0.2, 0.25) is 0 Å². The Morgan fingerprint density at radius 2 is 0.828 bits per heavy atom. The van der Waals surface area contributed by atoms with Gasteiger partial charge in [-0.25, -0.2) is 0 Å². The molecule has 0 aliphatic rings. The molecule has 0 spiro atoms. The first kappa shape index (κ1) is 20.4. The number of hydrogen-bond acceptors (Lipinski definition) is 1. The summed E-state index contributed by atoms with van der Waals surface area (Å²) >= 11 is 4.73. The van der Waals surface area contributed by atoms with Crippen LogP contribution in [-0.4, -0.2) is 0 Å². The van der Waals surface area contributed by atoms with Gasteiger partial charge in [0, 0.05) is 12.8 Å². The number of halogens is 2. The van der Waals surface area contributed by atoms with Crippen molar-refractivity contribution in [1.82, 2.24) is 0 Å². The molecule has 0 atom stereocenters. The zero-order chi connectivity index (χ0) is 20.4. The van der Waals surface area contributed by atoms with Crippen molar-refractivity contribution in [1.29, 1.82) is 0 Å². The van der Waals surface area contributed by atoms with Crippen molar-refractivity contribution in [2.75, 3.05) is 5.73 Å². The van der Waals surface area contributed by atoms with Crippen LogP contribution in [0.1, 0.15) is 27.8 Å². The molecule has 0 unspecified atom stereocenters. The Morgan fingerprint density at radius 1 is 0.517 bits per heavy atom. The van der Waals surface area contributed by atoms with Gasteiger partial charge in [-0.1, -0.05) is 66.2 Å². The number of benzene rings is 4. The van der Waals surface area contributed by atoms with E-state index in [1.807, 2.05) is 12.1 Å². The van der Waals surface area contributed by atoms with Crippen molar-refractivity contribution >= 4 is 50.9 Å². The van der Waals surface area contributed by atoms with Crippen molar-refractivity contribution in [3.8, 4) is 0 Å². The molecule has 0 aliphatic heterocycles. The molecule has 4 aromatic rings. The molecule has 0 amide bonds. The molecule has 0 radical (unpaired) electrons. The predicted octanol–water partition coefficient (Wildman–Crippen LogP) is 7.17. The third-order valence-electron chi connectivity index (χ3n) is 5.38. The van der Waals surface area contributed by atoms with E-state index in [1.54, 1.807) is 0 Å². The Hall–Kier alpha value is -1.86. The van der Waals surface area contributed by atoms with E-state index in [0.717, 1.165) is 5.69 Å². The lowest BCUT2D eigenvalue weighted by Crippen LogP contribution is -2.31. The topological polar surface area (TPSA) is 26.0 Å². The van der Waals surface area contributed by atoms with Crippen molar-refractivity contribution in [3.63, 3.8) is 0 Å². The average Bonchev–Trinajstić information content (AvgIpc) is 2.73. The van der Waals surface area contributed by atoms with Crippen molar-refractivity contribution < 1.29 is 0 Å². The zero-order valence-electron chi connectivity index (χ0n) is 16.1. The second-order valence-corrected chi connectivity index (χ2v) is 9.74. The number of nitrogen functional groups attached to an aromatic ring is 1. The monoisotopic (exact) mass is 601 g/mol. The molecule has 0 aromatic heterocycles. The Kier molecular flexibility index (Phi) is 5.97. The van der Waals surface area contributed by atoms with Crippen molar-refractivity contribution in [2.45, 2.75) is 12.3 Å². The highest BCUT2D eigenvalue weighted by Gasteiger charge is 2.38. The normalized spacial score (nSPS) is 11.4. The highest BCUT2D eigenvalue weighted by molar-refractivity contribution is 14.1. The lowest BCUT2D eigenvalue weighted by atomic mass is 9.65. The molecule has 0 saturated carbocycles. The fourth-order valence-corrected chi connectivity index (χ4v) is 4.66. The van der Waals surface area contributed by atoms with Crippen molar-refractivity contribution in [3.05, 3.63) is 132 Å². The van der Waals surface area contributed by atoms with Gasteiger partial charge in [-0.15, -0.1) is 0 Å². The minimum Gasteiger partial charge on any atom is -0.399 e. The SMILES string of the molecule is Cc1ccc(C(c2ccc(N)cc2)(c2ccc(I)cc2)c2ccc(I)cc2)cc1. The van der Waals surface area contributed by atoms with Crippen LogP contribution in [0.4, 0.5) is 5.69 Å². The number of aryl methyl sites for hydroxylation is 1. The molecule has 29 heavy (non-hydrogen) atoms. The average molecular weight is 601 g/mol. The van der Waals surface area contributed by atoms with Gasteiger partial charge >= 0.3 is 0 Å². The van der Waals surface area contributed by atoms with Crippen LogP contribution in [-0.2, 0) is 5.41 Å². The Balaban J connectivity index is 2.11. The van der Waals surface area contributed by atoms with E-state index in [1.165, 1.54) is 35.0 Å². The molecule has 0 aliphatic carbocycles. The zero-order valence-corrected chi connectivity index (χ0v) is 20.4. The maximum atomic E-state index is 6.04. The van der Waals surface area contributed by atoms with E-state index in [9.17, 15) is 0 Å². The van der Waals surface area contributed by atoms with Gasteiger partial charge in [0.25, 0.3) is 0 Å². The Morgan fingerprint density at radius 3 is 1.21 bits per heavy atom. The maximum Gasteiger partial charge on any atom is 0.0701 e. The largest absolute Gasteiger partial charge is 0.399 e. The van der Waals surface area contributed by atoms with E-state index in [2.05, 4.69) is 137 Å². The molecule has 144 valence electrons. The van der Waals surface area contributed by atoms with Gasteiger partial charge in [0.05, 0.1) is 5.41 Å².